The number of hydrogen-bond donors (Lipinski definition) is 1. The van der Waals surface area contributed by atoms with E-state index in [4.69, 9.17) is 16.0 Å². The fourth-order valence-corrected chi connectivity index (χ4v) is 2.81. The molecule has 0 aliphatic carbocycles. The van der Waals surface area contributed by atoms with Gasteiger partial charge in [-0.15, -0.1) is 10.2 Å². The van der Waals surface area contributed by atoms with Gasteiger partial charge in [0.15, 0.2) is 11.5 Å². The van der Waals surface area contributed by atoms with Crippen LogP contribution in [0.15, 0.2) is 65.6 Å². The van der Waals surface area contributed by atoms with Crippen molar-refractivity contribution in [2.24, 2.45) is 0 Å². The second-order valence-corrected chi connectivity index (χ2v) is 6.25. The molecule has 0 aliphatic rings. The summed E-state index contributed by atoms with van der Waals surface area (Å²) in [6.45, 7) is 0.537. The van der Waals surface area contributed by atoms with Gasteiger partial charge in [0.2, 0.25) is 0 Å². The van der Waals surface area contributed by atoms with Crippen molar-refractivity contribution in [3.63, 3.8) is 0 Å². The molecule has 1 amide bonds. The lowest BCUT2D eigenvalue weighted by Gasteiger charge is -2.06. The number of amides is 1. The average Bonchev–Trinajstić information content (AvgIpc) is 3.31. The molecular formula is C19H15ClN4O2. The Morgan fingerprint density at radius 2 is 1.96 bits per heavy atom. The van der Waals surface area contributed by atoms with Crippen LogP contribution in [0.25, 0.3) is 17.0 Å². The fourth-order valence-electron chi connectivity index (χ4n) is 2.69. The number of nitrogens with zero attached hydrogens (tertiary/aromatic N) is 3. The Morgan fingerprint density at radius 1 is 1.12 bits per heavy atom. The maximum Gasteiger partial charge on any atom is 0.252 e. The predicted molar refractivity (Wildman–Crippen MR) is 98.2 cm³/mol. The van der Waals surface area contributed by atoms with Crippen LogP contribution < -0.4 is 5.32 Å². The normalized spacial score (nSPS) is 11.0. The van der Waals surface area contributed by atoms with Gasteiger partial charge in [-0.3, -0.25) is 9.20 Å². The van der Waals surface area contributed by atoms with Gasteiger partial charge in [-0.25, -0.2) is 0 Å². The summed E-state index contributed by atoms with van der Waals surface area (Å²) < 4.78 is 6.88. The van der Waals surface area contributed by atoms with Gasteiger partial charge < -0.3 is 9.73 Å². The molecule has 0 unspecified atom stereocenters. The number of rotatable bonds is 5. The van der Waals surface area contributed by atoms with E-state index in [2.05, 4.69) is 15.5 Å². The summed E-state index contributed by atoms with van der Waals surface area (Å²) in [6.07, 6.45) is 5.63. The van der Waals surface area contributed by atoms with Crippen molar-refractivity contribution in [3.05, 3.63) is 77.3 Å². The zero-order valence-corrected chi connectivity index (χ0v) is 14.5. The third kappa shape index (κ3) is 3.32. The van der Waals surface area contributed by atoms with E-state index < -0.39 is 0 Å². The minimum atomic E-state index is -0.146. The highest BCUT2D eigenvalue weighted by molar-refractivity contribution is 6.30. The highest BCUT2D eigenvalue weighted by atomic mass is 35.5. The molecule has 1 N–H and O–H groups in total. The minimum absolute atomic E-state index is 0.146. The molecule has 26 heavy (non-hydrogen) atoms. The number of aromatic nitrogens is 3. The Morgan fingerprint density at radius 3 is 2.73 bits per heavy atom. The zero-order valence-electron chi connectivity index (χ0n) is 13.7. The van der Waals surface area contributed by atoms with Crippen LogP contribution in [0.1, 0.15) is 15.9 Å². The van der Waals surface area contributed by atoms with Crippen molar-refractivity contribution in [2.75, 3.05) is 6.54 Å². The molecule has 7 heteroatoms. The van der Waals surface area contributed by atoms with Crippen molar-refractivity contribution in [1.82, 2.24) is 19.9 Å². The molecule has 0 radical (unpaired) electrons. The van der Waals surface area contributed by atoms with Gasteiger partial charge >= 0.3 is 0 Å². The van der Waals surface area contributed by atoms with Gasteiger partial charge in [-0.2, -0.15) is 0 Å². The van der Waals surface area contributed by atoms with Crippen molar-refractivity contribution < 1.29 is 9.21 Å². The molecule has 130 valence electrons. The SMILES string of the molecule is O=C(NCCc1ccc(Cl)cc1)c1ccc2nnc(-c3ccoc3)n2c1. The molecule has 0 spiro atoms. The van der Waals surface area contributed by atoms with E-state index in [0.717, 1.165) is 17.5 Å². The fraction of sp³-hybridized carbons (Fsp3) is 0.105. The minimum Gasteiger partial charge on any atom is -0.472 e. The van der Waals surface area contributed by atoms with Gasteiger partial charge in [0.25, 0.3) is 5.91 Å². The predicted octanol–water partition coefficient (Wildman–Crippen LogP) is 3.62. The molecule has 4 aromatic rings. The number of halogens is 1. The first-order chi connectivity index (χ1) is 12.7. The molecule has 0 aliphatic heterocycles. The third-order valence-corrected chi connectivity index (χ3v) is 4.31. The van der Waals surface area contributed by atoms with Crippen LogP contribution >= 0.6 is 11.6 Å². The lowest BCUT2D eigenvalue weighted by Crippen LogP contribution is -2.25. The van der Waals surface area contributed by atoms with Crippen LogP contribution in [0.4, 0.5) is 0 Å². The quantitative estimate of drug-likeness (QED) is 0.585. The van der Waals surface area contributed by atoms with Crippen LogP contribution in [0, 0.1) is 0 Å². The number of hydrogen-bond acceptors (Lipinski definition) is 4. The first-order valence-electron chi connectivity index (χ1n) is 8.11. The first-order valence-corrected chi connectivity index (χ1v) is 8.48. The standard InChI is InChI=1S/C19H15ClN4O2/c20-16-4-1-13(2-5-16)7-9-21-19(25)14-3-6-17-22-23-18(24(17)11-14)15-8-10-26-12-15/h1-6,8,10-12H,7,9H2,(H,21,25). The van der Waals surface area contributed by atoms with Gasteiger partial charge in [-0.1, -0.05) is 23.7 Å². The molecule has 0 atom stereocenters. The van der Waals surface area contributed by atoms with E-state index in [1.165, 1.54) is 0 Å². The lowest BCUT2D eigenvalue weighted by atomic mass is 10.1. The van der Waals surface area contributed by atoms with E-state index in [9.17, 15) is 4.79 Å². The van der Waals surface area contributed by atoms with Crippen LogP contribution in [0.2, 0.25) is 5.02 Å². The van der Waals surface area contributed by atoms with Crippen LogP contribution in [-0.4, -0.2) is 27.0 Å². The molecule has 0 saturated heterocycles. The summed E-state index contributed by atoms with van der Waals surface area (Å²) in [5.74, 6) is 0.484. The van der Waals surface area contributed by atoms with E-state index in [-0.39, 0.29) is 5.91 Å². The molecule has 0 fully saturated rings. The Kier molecular flexibility index (Phi) is 4.41. The number of nitrogens with one attached hydrogen (secondary N) is 1. The summed E-state index contributed by atoms with van der Waals surface area (Å²) in [4.78, 5) is 12.4. The summed E-state index contributed by atoms with van der Waals surface area (Å²) in [5, 5.41) is 11.9. The highest BCUT2D eigenvalue weighted by Crippen LogP contribution is 2.19. The van der Waals surface area contributed by atoms with Crippen LogP contribution in [0.3, 0.4) is 0 Å². The topological polar surface area (TPSA) is 72.4 Å². The molecule has 3 aromatic heterocycles. The van der Waals surface area contributed by atoms with E-state index in [1.54, 1.807) is 41.3 Å². The summed E-state index contributed by atoms with van der Waals surface area (Å²) in [7, 11) is 0. The average molecular weight is 367 g/mol. The number of pyridine rings is 1. The molecule has 3 heterocycles. The molecule has 6 nitrogen and oxygen atoms in total. The number of carbonyl (C=O) groups is 1. The smallest absolute Gasteiger partial charge is 0.252 e. The van der Waals surface area contributed by atoms with Crippen LogP contribution in [-0.2, 0) is 6.42 Å². The van der Waals surface area contributed by atoms with Crippen molar-refractivity contribution in [2.45, 2.75) is 6.42 Å². The second kappa shape index (κ2) is 7.01. The Bertz CT molecular complexity index is 1040. The summed E-state index contributed by atoms with van der Waals surface area (Å²) in [6, 6.07) is 12.9. The maximum absolute atomic E-state index is 12.4. The number of fused-ring (bicyclic) bond motifs is 1. The Labute approximate surface area is 154 Å². The maximum atomic E-state index is 12.4. The van der Waals surface area contributed by atoms with Gasteiger partial charge in [0, 0.05) is 17.8 Å². The Balaban J connectivity index is 1.48. The van der Waals surface area contributed by atoms with E-state index >= 15 is 0 Å². The van der Waals surface area contributed by atoms with Gasteiger partial charge in [0.05, 0.1) is 17.4 Å². The molecular weight excluding hydrogens is 352 g/mol. The van der Waals surface area contributed by atoms with Gasteiger partial charge in [0.1, 0.15) is 6.26 Å². The lowest BCUT2D eigenvalue weighted by molar-refractivity contribution is 0.0953. The monoisotopic (exact) mass is 366 g/mol. The molecule has 0 bridgehead atoms. The summed E-state index contributed by atoms with van der Waals surface area (Å²) >= 11 is 5.88. The molecule has 0 saturated carbocycles. The number of carbonyl (C=O) groups excluding carboxylic acids is 1. The summed E-state index contributed by atoms with van der Waals surface area (Å²) in [5.41, 5.74) is 3.13. The highest BCUT2D eigenvalue weighted by Gasteiger charge is 2.12. The second-order valence-electron chi connectivity index (χ2n) is 5.81. The third-order valence-electron chi connectivity index (χ3n) is 4.06. The largest absolute Gasteiger partial charge is 0.472 e. The van der Waals surface area contributed by atoms with Gasteiger partial charge in [-0.05, 0) is 42.3 Å². The molecule has 4 rings (SSSR count). The van der Waals surface area contributed by atoms with Crippen molar-refractivity contribution in [3.8, 4) is 11.4 Å². The first kappa shape index (κ1) is 16.4. The van der Waals surface area contributed by atoms with E-state index in [0.29, 0.717) is 28.6 Å². The molecule has 1 aromatic carbocycles. The van der Waals surface area contributed by atoms with Crippen LogP contribution in [0.5, 0.6) is 0 Å². The number of furan rings is 1. The zero-order chi connectivity index (χ0) is 17.9. The number of benzene rings is 1. The van der Waals surface area contributed by atoms with Crippen molar-refractivity contribution >= 4 is 23.2 Å². The Hall–Kier alpha value is -3.12. The van der Waals surface area contributed by atoms with E-state index in [1.807, 2.05) is 24.3 Å². The van der Waals surface area contributed by atoms with Crippen molar-refractivity contribution in [1.29, 1.82) is 0 Å².